The molecular weight excluding hydrogens is 530 g/mol. The van der Waals surface area contributed by atoms with Crippen LogP contribution >= 0.6 is 0 Å². The van der Waals surface area contributed by atoms with Gasteiger partial charge in [-0.05, 0) is 95.3 Å². The number of hydrogen-bond acceptors (Lipinski definition) is 6. The highest BCUT2D eigenvalue weighted by atomic mass is 16.5. The molecule has 7 heteroatoms. The van der Waals surface area contributed by atoms with Gasteiger partial charge in [-0.3, -0.25) is 4.79 Å². The lowest BCUT2D eigenvalue weighted by molar-refractivity contribution is 0.0600. The minimum absolute atomic E-state index is 0.214. The summed E-state index contributed by atoms with van der Waals surface area (Å²) in [6.07, 6.45) is 3.92. The summed E-state index contributed by atoms with van der Waals surface area (Å²) in [5, 5.41) is 5.16. The third-order valence-corrected chi connectivity index (χ3v) is 6.94. The first-order valence-electron chi connectivity index (χ1n) is 14.0. The lowest BCUT2D eigenvalue weighted by Crippen LogP contribution is -2.25. The highest BCUT2D eigenvalue weighted by Gasteiger charge is 2.09. The van der Waals surface area contributed by atoms with Crippen LogP contribution in [0.1, 0.15) is 39.3 Å². The Kier molecular flexibility index (Phi) is 9.52. The minimum atomic E-state index is -0.344. The van der Waals surface area contributed by atoms with Crippen molar-refractivity contribution in [2.75, 3.05) is 26.9 Å². The molecule has 1 heterocycles. The van der Waals surface area contributed by atoms with Gasteiger partial charge in [0.2, 0.25) is 0 Å². The number of nitrogens with one attached hydrogen (secondary N) is 1. The van der Waals surface area contributed by atoms with E-state index < -0.39 is 0 Å². The van der Waals surface area contributed by atoms with Crippen LogP contribution in [0.25, 0.3) is 21.9 Å². The Morgan fingerprint density at radius 2 is 1.45 bits per heavy atom. The maximum Gasteiger partial charge on any atom is 0.337 e. The minimum Gasteiger partial charge on any atom is -0.494 e. The lowest BCUT2D eigenvalue weighted by Gasteiger charge is -2.11. The number of hydrogen-bond donors (Lipinski definition) is 1. The first-order chi connectivity index (χ1) is 20.6. The summed E-state index contributed by atoms with van der Waals surface area (Å²) in [7, 11) is 1.38. The third-order valence-electron chi connectivity index (χ3n) is 6.94. The number of esters is 1. The van der Waals surface area contributed by atoms with E-state index in [0.29, 0.717) is 37.5 Å². The van der Waals surface area contributed by atoms with Crippen LogP contribution < -0.4 is 14.8 Å². The molecule has 0 unspecified atom stereocenters. The molecule has 1 amide bonds. The molecule has 0 radical (unpaired) electrons. The predicted octanol–water partition coefficient (Wildman–Crippen LogP) is 7.10. The van der Waals surface area contributed by atoms with Crippen molar-refractivity contribution in [2.24, 2.45) is 0 Å². The fourth-order valence-corrected chi connectivity index (χ4v) is 4.67. The molecule has 0 aliphatic rings. The van der Waals surface area contributed by atoms with Gasteiger partial charge < -0.3 is 23.9 Å². The summed E-state index contributed by atoms with van der Waals surface area (Å²) in [6, 6.07) is 30.9. The van der Waals surface area contributed by atoms with Gasteiger partial charge in [0.15, 0.2) is 5.76 Å². The van der Waals surface area contributed by atoms with Crippen molar-refractivity contribution in [1.29, 1.82) is 0 Å². The van der Waals surface area contributed by atoms with Crippen molar-refractivity contribution in [3.05, 3.63) is 120 Å². The van der Waals surface area contributed by atoms with E-state index in [0.717, 1.165) is 51.8 Å². The average Bonchev–Trinajstić information content (AvgIpc) is 3.58. The quantitative estimate of drug-likeness (QED) is 0.122. The van der Waals surface area contributed by atoms with Crippen molar-refractivity contribution < 1.29 is 28.2 Å². The fraction of sp³-hybridized carbons (Fsp3) is 0.200. The van der Waals surface area contributed by atoms with E-state index in [1.807, 2.05) is 48.5 Å². The number of furan rings is 1. The summed E-state index contributed by atoms with van der Waals surface area (Å²) in [4.78, 5) is 23.8. The van der Waals surface area contributed by atoms with Gasteiger partial charge >= 0.3 is 5.97 Å². The number of rotatable bonds is 13. The van der Waals surface area contributed by atoms with Crippen LogP contribution in [-0.2, 0) is 11.2 Å². The third kappa shape index (κ3) is 7.37. The second-order valence-corrected chi connectivity index (χ2v) is 9.78. The average molecular weight is 564 g/mol. The molecule has 1 aromatic heterocycles. The highest BCUT2D eigenvalue weighted by Crippen LogP contribution is 2.25. The molecule has 0 saturated carbocycles. The van der Waals surface area contributed by atoms with Crippen molar-refractivity contribution in [1.82, 2.24) is 5.32 Å². The maximum absolute atomic E-state index is 12.1. The molecule has 0 spiro atoms. The Hall–Kier alpha value is -5.04. The summed E-state index contributed by atoms with van der Waals surface area (Å²) in [6.45, 7) is 1.70. The normalized spacial score (nSPS) is 10.8. The largest absolute Gasteiger partial charge is 0.494 e. The van der Waals surface area contributed by atoms with Gasteiger partial charge in [0, 0.05) is 6.54 Å². The molecule has 0 saturated heterocycles. The number of fused-ring (bicyclic) bond motifs is 1. The van der Waals surface area contributed by atoms with Gasteiger partial charge in [0.05, 0.1) is 32.2 Å². The molecule has 0 atom stereocenters. The van der Waals surface area contributed by atoms with Crippen molar-refractivity contribution in [3.63, 3.8) is 0 Å². The van der Waals surface area contributed by atoms with Gasteiger partial charge in [-0.15, -0.1) is 0 Å². The van der Waals surface area contributed by atoms with Crippen molar-refractivity contribution in [2.45, 2.75) is 19.3 Å². The van der Waals surface area contributed by atoms with Crippen LogP contribution in [0, 0.1) is 0 Å². The summed E-state index contributed by atoms with van der Waals surface area (Å²) < 4.78 is 21.9. The summed E-state index contributed by atoms with van der Waals surface area (Å²) in [5.74, 6) is 1.39. The van der Waals surface area contributed by atoms with Gasteiger partial charge in [-0.1, -0.05) is 48.5 Å². The maximum atomic E-state index is 12.1. The van der Waals surface area contributed by atoms with E-state index in [1.54, 1.807) is 24.3 Å². The molecule has 0 bridgehead atoms. The number of ether oxygens (including phenoxy) is 3. The molecule has 1 N–H and O–H groups in total. The van der Waals surface area contributed by atoms with Crippen LogP contribution in [0.15, 0.2) is 108 Å². The Labute approximate surface area is 245 Å². The molecule has 0 fully saturated rings. The van der Waals surface area contributed by atoms with Crippen molar-refractivity contribution >= 4 is 22.6 Å². The van der Waals surface area contributed by atoms with Crippen molar-refractivity contribution in [3.8, 4) is 22.6 Å². The van der Waals surface area contributed by atoms with Crippen LogP contribution in [-0.4, -0.2) is 38.7 Å². The number of amides is 1. The van der Waals surface area contributed by atoms with Gasteiger partial charge in [-0.2, -0.15) is 0 Å². The molecule has 4 aromatic carbocycles. The molecule has 42 heavy (non-hydrogen) atoms. The van der Waals surface area contributed by atoms with E-state index in [-0.39, 0.29) is 11.9 Å². The van der Waals surface area contributed by atoms with E-state index in [9.17, 15) is 9.59 Å². The standard InChI is InChI=1S/C35H33NO6/c1-39-35(38)29-11-9-25(10-12-29)26-13-16-30(17-14-26)40-21-2-3-22-41-31-18-15-27-6-4-7-28(32(27)24-31)19-20-36-34(37)33-8-5-23-42-33/h4-18,23-24H,2-3,19-22H2,1H3,(H,36,37). The molecule has 0 aliphatic carbocycles. The van der Waals surface area contributed by atoms with E-state index in [1.165, 1.54) is 13.4 Å². The van der Waals surface area contributed by atoms with Crippen LogP contribution in [0.3, 0.4) is 0 Å². The smallest absolute Gasteiger partial charge is 0.337 e. The monoisotopic (exact) mass is 563 g/mol. The first kappa shape index (κ1) is 28.5. The number of unbranched alkanes of at least 4 members (excludes halogenated alkanes) is 1. The van der Waals surface area contributed by atoms with Gasteiger partial charge in [0.25, 0.3) is 5.91 Å². The molecule has 5 aromatic rings. The van der Waals surface area contributed by atoms with E-state index >= 15 is 0 Å². The van der Waals surface area contributed by atoms with Gasteiger partial charge in [0.1, 0.15) is 11.5 Å². The number of methoxy groups -OCH3 is 1. The summed E-state index contributed by atoms with van der Waals surface area (Å²) in [5.41, 5.74) is 3.74. The van der Waals surface area contributed by atoms with Gasteiger partial charge in [-0.25, -0.2) is 4.79 Å². The number of carbonyl (C=O) groups is 2. The topological polar surface area (TPSA) is 87.0 Å². The summed E-state index contributed by atoms with van der Waals surface area (Å²) >= 11 is 0. The number of benzene rings is 4. The molecule has 5 rings (SSSR count). The zero-order valence-corrected chi connectivity index (χ0v) is 23.5. The number of carbonyl (C=O) groups excluding carboxylic acids is 2. The van der Waals surface area contributed by atoms with Crippen LogP contribution in [0.5, 0.6) is 11.5 Å². The lowest BCUT2D eigenvalue weighted by atomic mass is 10.0. The van der Waals surface area contributed by atoms with Crippen LogP contribution in [0.2, 0.25) is 0 Å². The highest BCUT2D eigenvalue weighted by molar-refractivity contribution is 5.91. The Balaban J connectivity index is 1.05. The fourth-order valence-electron chi connectivity index (χ4n) is 4.67. The molecule has 0 aliphatic heterocycles. The Morgan fingerprint density at radius 3 is 2.14 bits per heavy atom. The zero-order chi connectivity index (χ0) is 29.1. The van der Waals surface area contributed by atoms with E-state index in [2.05, 4.69) is 29.6 Å². The molecular formula is C35H33NO6. The van der Waals surface area contributed by atoms with E-state index in [4.69, 9.17) is 18.6 Å². The zero-order valence-electron chi connectivity index (χ0n) is 23.5. The Bertz CT molecular complexity index is 1610. The molecule has 7 nitrogen and oxygen atoms in total. The van der Waals surface area contributed by atoms with Crippen LogP contribution in [0.4, 0.5) is 0 Å². The molecule has 214 valence electrons. The predicted molar refractivity (Wildman–Crippen MR) is 162 cm³/mol. The Morgan fingerprint density at radius 1 is 0.762 bits per heavy atom. The second-order valence-electron chi connectivity index (χ2n) is 9.78. The first-order valence-corrected chi connectivity index (χ1v) is 14.0. The SMILES string of the molecule is COC(=O)c1ccc(-c2ccc(OCCCCOc3ccc4cccc(CCNC(=O)c5ccco5)c4c3)cc2)cc1. The second kappa shape index (κ2) is 14.0.